The van der Waals surface area contributed by atoms with Crippen LogP contribution >= 0.6 is 0 Å². The van der Waals surface area contributed by atoms with E-state index in [4.69, 9.17) is 4.42 Å². The van der Waals surface area contributed by atoms with Gasteiger partial charge in [-0.25, -0.2) is 0 Å². The molecule has 1 aromatic rings. The van der Waals surface area contributed by atoms with Crippen molar-refractivity contribution >= 4 is 0 Å². The van der Waals surface area contributed by atoms with Crippen LogP contribution in [0, 0.1) is 11.8 Å². The zero-order chi connectivity index (χ0) is 12.3. The fraction of sp³-hybridized carbons (Fsp3) is 0.733. The highest BCUT2D eigenvalue weighted by molar-refractivity contribution is 5.05. The number of nitrogens with one attached hydrogen (secondary N) is 1. The van der Waals surface area contributed by atoms with Gasteiger partial charge >= 0.3 is 0 Å². The van der Waals surface area contributed by atoms with Gasteiger partial charge in [0.25, 0.3) is 0 Å². The van der Waals surface area contributed by atoms with E-state index in [1.165, 1.54) is 19.3 Å². The molecule has 4 atom stereocenters. The summed E-state index contributed by atoms with van der Waals surface area (Å²) in [5.41, 5.74) is 0. The zero-order valence-electron chi connectivity index (χ0n) is 11.3. The second-order valence-corrected chi connectivity index (χ2v) is 5.64. The van der Waals surface area contributed by atoms with E-state index in [2.05, 4.69) is 32.2 Å². The SMILES string of the molecule is CCC(NC1CCC(C)CC1C)c1ccco1. The van der Waals surface area contributed by atoms with Crippen LogP contribution in [0.1, 0.15) is 58.3 Å². The van der Waals surface area contributed by atoms with Gasteiger partial charge in [0, 0.05) is 6.04 Å². The van der Waals surface area contributed by atoms with Gasteiger partial charge in [-0.15, -0.1) is 0 Å². The minimum absolute atomic E-state index is 0.380. The monoisotopic (exact) mass is 235 g/mol. The lowest BCUT2D eigenvalue weighted by molar-refractivity contribution is 0.205. The van der Waals surface area contributed by atoms with Crippen LogP contribution in [0.4, 0.5) is 0 Å². The molecule has 96 valence electrons. The third kappa shape index (κ3) is 3.12. The lowest BCUT2D eigenvalue weighted by Gasteiger charge is -2.35. The number of hydrogen-bond donors (Lipinski definition) is 1. The molecular formula is C15H25NO. The molecule has 0 spiro atoms. The zero-order valence-corrected chi connectivity index (χ0v) is 11.3. The summed E-state index contributed by atoms with van der Waals surface area (Å²) < 4.78 is 5.52. The summed E-state index contributed by atoms with van der Waals surface area (Å²) in [4.78, 5) is 0. The molecule has 0 bridgehead atoms. The van der Waals surface area contributed by atoms with E-state index in [9.17, 15) is 0 Å². The van der Waals surface area contributed by atoms with Crippen molar-refractivity contribution in [1.29, 1.82) is 0 Å². The Kier molecular flexibility index (Phi) is 4.27. The van der Waals surface area contributed by atoms with Crippen LogP contribution in [0.25, 0.3) is 0 Å². The molecule has 1 aliphatic carbocycles. The topological polar surface area (TPSA) is 25.2 Å². The molecule has 0 aromatic carbocycles. The Morgan fingerprint density at radius 3 is 2.82 bits per heavy atom. The molecule has 0 amide bonds. The molecule has 1 heterocycles. The fourth-order valence-corrected chi connectivity index (χ4v) is 3.06. The average Bonchev–Trinajstić information content (AvgIpc) is 2.81. The number of hydrogen-bond acceptors (Lipinski definition) is 2. The second kappa shape index (κ2) is 5.72. The molecule has 0 saturated heterocycles. The summed E-state index contributed by atoms with van der Waals surface area (Å²) in [6.07, 6.45) is 6.88. The minimum atomic E-state index is 0.380. The van der Waals surface area contributed by atoms with Crippen molar-refractivity contribution in [2.45, 2.75) is 58.5 Å². The van der Waals surface area contributed by atoms with Crippen molar-refractivity contribution in [2.75, 3.05) is 0 Å². The third-order valence-corrected chi connectivity index (χ3v) is 4.14. The van der Waals surface area contributed by atoms with Crippen molar-refractivity contribution in [3.05, 3.63) is 24.2 Å². The summed E-state index contributed by atoms with van der Waals surface area (Å²) in [6, 6.07) is 5.09. The Morgan fingerprint density at radius 2 is 2.24 bits per heavy atom. The maximum atomic E-state index is 5.52. The van der Waals surface area contributed by atoms with Gasteiger partial charge in [0.15, 0.2) is 0 Å². The van der Waals surface area contributed by atoms with Gasteiger partial charge in [-0.1, -0.05) is 20.8 Å². The van der Waals surface area contributed by atoms with Crippen LogP contribution in [-0.2, 0) is 0 Å². The second-order valence-electron chi connectivity index (χ2n) is 5.64. The molecule has 1 aromatic heterocycles. The smallest absolute Gasteiger partial charge is 0.120 e. The van der Waals surface area contributed by atoms with Gasteiger partial charge in [0.1, 0.15) is 5.76 Å². The predicted molar refractivity (Wildman–Crippen MR) is 70.8 cm³/mol. The highest BCUT2D eigenvalue weighted by atomic mass is 16.3. The van der Waals surface area contributed by atoms with Gasteiger partial charge in [0.2, 0.25) is 0 Å². The van der Waals surface area contributed by atoms with Gasteiger partial charge in [0.05, 0.1) is 12.3 Å². The first-order valence-electron chi connectivity index (χ1n) is 7.00. The maximum absolute atomic E-state index is 5.52. The van der Waals surface area contributed by atoms with E-state index in [0.717, 1.165) is 24.0 Å². The minimum Gasteiger partial charge on any atom is -0.468 e. The van der Waals surface area contributed by atoms with Gasteiger partial charge in [-0.05, 0) is 49.7 Å². The largest absolute Gasteiger partial charge is 0.468 e. The Labute approximate surface area is 105 Å². The Morgan fingerprint density at radius 1 is 1.41 bits per heavy atom. The standard InChI is InChI=1S/C15H25NO/c1-4-13(15-6-5-9-17-15)16-14-8-7-11(2)10-12(14)3/h5-6,9,11-14,16H,4,7-8,10H2,1-3H3. The highest BCUT2D eigenvalue weighted by Gasteiger charge is 2.27. The lowest BCUT2D eigenvalue weighted by atomic mass is 9.79. The van der Waals surface area contributed by atoms with E-state index in [1.54, 1.807) is 6.26 Å². The van der Waals surface area contributed by atoms with Crippen LogP contribution < -0.4 is 5.32 Å². The number of rotatable bonds is 4. The van der Waals surface area contributed by atoms with Crippen molar-refractivity contribution in [3.8, 4) is 0 Å². The van der Waals surface area contributed by atoms with Crippen LogP contribution in [0.5, 0.6) is 0 Å². The van der Waals surface area contributed by atoms with Crippen LogP contribution in [0.2, 0.25) is 0 Å². The van der Waals surface area contributed by atoms with E-state index < -0.39 is 0 Å². The van der Waals surface area contributed by atoms with Crippen molar-refractivity contribution < 1.29 is 4.42 Å². The predicted octanol–water partition coefficient (Wildman–Crippen LogP) is 4.15. The Balaban J connectivity index is 1.95. The highest BCUT2D eigenvalue weighted by Crippen LogP contribution is 2.30. The molecular weight excluding hydrogens is 210 g/mol. The summed E-state index contributed by atoms with van der Waals surface area (Å²) in [7, 11) is 0. The summed E-state index contributed by atoms with van der Waals surface area (Å²) in [5, 5.41) is 3.78. The average molecular weight is 235 g/mol. The molecule has 2 nitrogen and oxygen atoms in total. The quantitative estimate of drug-likeness (QED) is 0.848. The molecule has 0 radical (unpaired) electrons. The van der Waals surface area contributed by atoms with E-state index in [-0.39, 0.29) is 0 Å². The van der Waals surface area contributed by atoms with Crippen molar-refractivity contribution in [1.82, 2.24) is 5.32 Å². The molecule has 1 fully saturated rings. The van der Waals surface area contributed by atoms with E-state index in [0.29, 0.717) is 12.1 Å². The first-order chi connectivity index (χ1) is 8.20. The lowest BCUT2D eigenvalue weighted by Crippen LogP contribution is -2.40. The van der Waals surface area contributed by atoms with Crippen molar-refractivity contribution in [3.63, 3.8) is 0 Å². The van der Waals surface area contributed by atoms with Crippen LogP contribution in [0.3, 0.4) is 0 Å². The van der Waals surface area contributed by atoms with Crippen LogP contribution in [-0.4, -0.2) is 6.04 Å². The molecule has 0 aliphatic heterocycles. The molecule has 2 rings (SSSR count). The van der Waals surface area contributed by atoms with Crippen molar-refractivity contribution in [2.24, 2.45) is 11.8 Å². The summed E-state index contributed by atoms with van der Waals surface area (Å²) in [6.45, 7) is 6.97. The first-order valence-corrected chi connectivity index (χ1v) is 7.00. The normalized spacial score (nSPS) is 31.4. The molecule has 1 N–H and O–H groups in total. The molecule has 1 saturated carbocycles. The Bertz CT molecular complexity index is 320. The van der Waals surface area contributed by atoms with Gasteiger partial charge in [-0.3, -0.25) is 0 Å². The van der Waals surface area contributed by atoms with E-state index in [1.807, 2.05) is 6.07 Å². The fourth-order valence-electron chi connectivity index (χ4n) is 3.06. The van der Waals surface area contributed by atoms with Gasteiger partial charge in [-0.2, -0.15) is 0 Å². The summed E-state index contributed by atoms with van der Waals surface area (Å²) in [5.74, 6) is 2.76. The van der Waals surface area contributed by atoms with Crippen LogP contribution in [0.15, 0.2) is 22.8 Å². The maximum Gasteiger partial charge on any atom is 0.120 e. The molecule has 4 unspecified atom stereocenters. The molecule has 1 aliphatic rings. The third-order valence-electron chi connectivity index (χ3n) is 4.14. The Hall–Kier alpha value is -0.760. The van der Waals surface area contributed by atoms with E-state index >= 15 is 0 Å². The molecule has 2 heteroatoms. The number of furan rings is 1. The van der Waals surface area contributed by atoms with Gasteiger partial charge < -0.3 is 9.73 Å². The first kappa shape index (κ1) is 12.7. The molecule has 17 heavy (non-hydrogen) atoms. The summed E-state index contributed by atoms with van der Waals surface area (Å²) >= 11 is 0.